The van der Waals surface area contributed by atoms with Crippen molar-refractivity contribution in [3.63, 3.8) is 0 Å². The predicted octanol–water partition coefficient (Wildman–Crippen LogP) is 2.01. The van der Waals surface area contributed by atoms with E-state index in [1.807, 2.05) is 0 Å². The van der Waals surface area contributed by atoms with E-state index in [9.17, 15) is 18.8 Å². The number of alkyl halides is 2. The van der Waals surface area contributed by atoms with E-state index in [1.54, 1.807) is 30.3 Å². The number of aromatic nitrogens is 1. The second-order valence-corrected chi connectivity index (χ2v) is 7.01. The van der Waals surface area contributed by atoms with Gasteiger partial charge >= 0.3 is 12.6 Å². The molecule has 1 aromatic carbocycles. The summed E-state index contributed by atoms with van der Waals surface area (Å²) in [6.07, 6.45) is 1.18. The second-order valence-electron chi connectivity index (χ2n) is 5.80. The van der Waals surface area contributed by atoms with Gasteiger partial charge in [0.2, 0.25) is 11.3 Å². The normalized spacial score (nSPS) is 19.0. The molecule has 1 aliphatic heterocycles. The fourth-order valence-electron chi connectivity index (χ4n) is 2.89. The first kappa shape index (κ1) is 19.5. The number of hydrogen-bond acceptors (Lipinski definition) is 6. The van der Waals surface area contributed by atoms with Gasteiger partial charge in [-0.1, -0.05) is 30.3 Å². The van der Waals surface area contributed by atoms with Crippen LogP contribution in [0, 0.1) is 5.21 Å². The molecule has 1 aromatic heterocycles. The van der Waals surface area contributed by atoms with E-state index in [2.05, 4.69) is 5.32 Å². The molecule has 2 heterocycles. The monoisotopic (exact) mass is 396 g/mol. The molecule has 0 bridgehead atoms. The van der Waals surface area contributed by atoms with Gasteiger partial charge in [0.15, 0.2) is 11.6 Å². The van der Waals surface area contributed by atoms with E-state index in [0.29, 0.717) is 11.3 Å². The Morgan fingerprint density at radius 1 is 1.30 bits per heavy atom. The molecule has 1 aliphatic rings. The highest BCUT2D eigenvalue weighted by atomic mass is 32.2. The van der Waals surface area contributed by atoms with Crippen LogP contribution in [0.1, 0.15) is 11.3 Å². The zero-order valence-corrected chi connectivity index (χ0v) is 15.0. The van der Waals surface area contributed by atoms with Crippen molar-refractivity contribution < 1.29 is 27.8 Å². The summed E-state index contributed by atoms with van der Waals surface area (Å²) in [5, 5.41) is 14.7. The summed E-state index contributed by atoms with van der Waals surface area (Å²) in [6.45, 7) is -3.10. The summed E-state index contributed by atoms with van der Waals surface area (Å²) in [5.41, 5.74) is -1.77. The topological polar surface area (TPSA) is 74.5 Å². The van der Waals surface area contributed by atoms with Crippen LogP contribution in [-0.2, 0) is 19.9 Å². The third-order valence-electron chi connectivity index (χ3n) is 4.12. The van der Waals surface area contributed by atoms with Gasteiger partial charge in [-0.15, -0.1) is 11.8 Å². The van der Waals surface area contributed by atoms with E-state index >= 15 is 0 Å². The molecule has 3 rings (SSSR count). The highest BCUT2D eigenvalue weighted by molar-refractivity contribution is 8.00. The predicted molar refractivity (Wildman–Crippen MR) is 94.9 cm³/mol. The average Bonchev–Trinajstić information content (AvgIpc) is 3.21. The smallest absolute Gasteiger partial charge is 0.346 e. The molecule has 1 fully saturated rings. The lowest BCUT2D eigenvalue weighted by molar-refractivity contribution is -0.623. The van der Waals surface area contributed by atoms with Gasteiger partial charge in [0.25, 0.3) is 0 Å². The van der Waals surface area contributed by atoms with Gasteiger partial charge in [0.1, 0.15) is 6.61 Å². The number of nitrogens with one attached hydrogen (secondary N) is 1. The van der Waals surface area contributed by atoms with Crippen molar-refractivity contribution >= 4 is 17.7 Å². The van der Waals surface area contributed by atoms with Crippen LogP contribution in [0.2, 0.25) is 0 Å². The molecule has 9 heteroatoms. The van der Waals surface area contributed by atoms with Crippen molar-refractivity contribution in [3.8, 4) is 0 Å². The quantitative estimate of drug-likeness (QED) is 0.439. The van der Waals surface area contributed by atoms with Crippen LogP contribution >= 0.6 is 11.8 Å². The molecular weight excluding hydrogens is 378 g/mol. The minimum Gasteiger partial charge on any atom is -0.618 e. The van der Waals surface area contributed by atoms with Crippen molar-refractivity contribution in [1.82, 2.24) is 5.32 Å². The maximum atomic E-state index is 13.4. The Balaban J connectivity index is 2.00. The number of rotatable bonds is 7. The Kier molecular flexibility index (Phi) is 6.25. The van der Waals surface area contributed by atoms with Crippen molar-refractivity contribution in [2.24, 2.45) is 0 Å². The number of benzene rings is 1. The molecule has 144 valence electrons. The van der Waals surface area contributed by atoms with E-state index in [-0.39, 0.29) is 11.3 Å². The number of nitrogens with zero attached hydrogens (tertiary/aromatic N) is 1. The van der Waals surface area contributed by atoms with E-state index in [0.717, 1.165) is 5.75 Å². The molecule has 0 saturated carbocycles. The van der Waals surface area contributed by atoms with E-state index in [4.69, 9.17) is 9.47 Å². The molecule has 6 nitrogen and oxygen atoms in total. The van der Waals surface area contributed by atoms with Crippen molar-refractivity contribution in [1.29, 1.82) is 0 Å². The van der Waals surface area contributed by atoms with Gasteiger partial charge in [0.05, 0.1) is 0 Å². The highest BCUT2D eigenvalue weighted by Crippen LogP contribution is 2.34. The first-order valence-corrected chi connectivity index (χ1v) is 9.29. The molecular formula is C18H18F2N2O4S. The van der Waals surface area contributed by atoms with Gasteiger partial charge in [-0.2, -0.15) is 13.5 Å². The summed E-state index contributed by atoms with van der Waals surface area (Å²) < 4.78 is 37.4. The number of carbonyl (C=O) groups excluding carboxylic acids is 1. The number of halogens is 2. The fourth-order valence-corrected chi connectivity index (χ4v) is 3.80. The summed E-state index contributed by atoms with van der Waals surface area (Å²) in [7, 11) is 0. The lowest BCUT2D eigenvalue weighted by Gasteiger charge is -2.31. The Morgan fingerprint density at radius 2 is 2.04 bits per heavy atom. The molecule has 0 spiro atoms. The summed E-state index contributed by atoms with van der Waals surface area (Å²) in [4.78, 5) is 12.3. The number of hydrogen-bond donors (Lipinski definition) is 1. The summed E-state index contributed by atoms with van der Waals surface area (Å²) >= 11 is 1.37. The third-order valence-corrected chi connectivity index (χ3v) is 5.25. The first-order valence-electron chi connectivity index (χ1n) is 8.25. The first-order chi connectivity index (χ1) is 13.0. The third kappa shape index (κ3) is 4.37. The molecule has 1 saturated heterocycles. The van der Waals surface area contributed by atoms with Gasteiger partial charge in [-0.05, 0) is 11.6 Å². The maximum Gasteiger partial charge on any atom is 0.346 e. The minimum atomic E-state index is -3.19. The molecule has 2 atom stereocenters. The molecule has 2 aromatic rings. The Bertz CT molecular complexity index is 775. The molecule has 0 aliphatic carbocycles. The number of pyridine rings is 1. The van der Waals surface area contributed by atoms with Crippen LogP contribution in [0.5, 0.6) is 0 Å². The molecule has 1 N–H and O–H groups in total. The van der Waals surface area contributed by atoms with Gasteiger partial charge in [0, 0.05) is 24.4 Å². The molecule has 0 amide bonds. The van der Waals surface area contributed by atoms with Gasteiger partial charge in [-0.25, -0.2) is 4.79 Å². The van der Waals surface area contributed by atoms with Crippen LogP contribution < -0.4 is 10.0 Å². The van der Waals surface area contributed by atoms with Crippen LogP contribution in [0.25, 0.3) is 0 Å². The molecule has 0 radical (unpaired) electrons. The Labute approximate surface area is 159 Å². The Hall–Kier alpha value is -2.23. The van der Waals surface area contributed by atoms with Crippen LogP contribution in [-0.4, -0.2) is 36.9 Å². The van der Waals surface area contributed by atoms with Gasteiger partial charge < -0.3 is 9.94 Å². The highest BCUT2D eigenvalue weighted by Gasteiger charge is 2.46. The van der Waals surface area contributed by atoms with E-state index in [1.165, 1.54) is 36.2 Å². The standard InChI is InChI=1S/C18H18F2N2O4S/c19-17(20)26-18(13-6-2-1-3-7-13,14-8-4-5-10-22(14)24)12-25-16(23)15-21-9-11-27-15/h1-8,10,15,17,21H,9,11-12H2. The lowest BCUT2D eigenvalue weighted by Crippen LogP contribution is -2.49. The zero-order chi connectivity index (χ0) is 19.3. The Morgan fingerprint density at radius 3 is 2.67 bits per heavy atom. The van der Waals surface area contributed by atoms with Crippen molar-refractivity contribution in [3.05, 3.63) is 71.2 Å². The average molecular weight is 396 g/mol. The number of thioether (sulfide) groups is 1. The SMILES string of the molecule is O=C(OCC(OC(F)F)(c1ccccc1)c1cccc[n+]1[O-])C1NCCS1. The van der Waals surface area contributed by atoms with Crippen LogP contribution in [0.4, 0.5) is 8.78 Å². The molecule has 2 unspecified atom stereocenters. The summed E-state index contributed by atoms with van der Waals surface area (Å²) in [5.74, 6) is 0.153. The largest absolute Gasteiger partial charge is 0.618 e. The lowest BCUT2D eigenvalue weighted by atomic mass is 9.90. The van der Waals surface area contributed by atoms with E-state index < -0.39 is 30.2 Å². The van der Waals surface area contributed by atoms with Crippen LogP contribution in [0.15, 0.2) is 54.7 Å². The number of carbonyl (C=O) groups is 1. The maximum absolute atomic E-state index is 13.4. The van der Waals surface area contributed by atoms with Gasteiger partial charge in [-0.3, -0.25) is 10.1 Å². The van der Waals surface area contributed by atoms with Crippen molar-refractivity contribution in [2.75, 3.05) is 18.9 Å². The number of esters is 1. The molecule has 27 heavy (non-hydrogen) atoms. The second kappa shape index (κ2) is 8.64. The zero-order valence-electron chi connectivity index (χ0n) is 14.2. The number of ether oxygens (including phenoxy) is 2. The fraction of sp³-hybridized carbons (Fsp3) is 0.333. The van der Waals surface area contributed by atoms with Crippen LogP contribution in [0.3, 0.4) is 0 Å². The van der Waals surface area contributed by atoms with Crippen molar-refractivity contribution in [2.45, 2.75) is 17.6 Å². The minimum absolute atomic E-state index is 0.101. The summed E-state index contributed by atoms with van der Waals surface area (Å²) in [6, 6.07) is 12.4.